The van der Waals surface area contributed by atoms with Gasteiger partial charge in [-0.3, -0.25) is 14.9 Å². The number of nitrogens with zero attached hydrogens (tertiary/aromatic N) is 1. The Labute approximate surface area is 117 Å². The number of amides is 1. The van der Waals surface area contributed by atoms with Crippen molar-refractivity contribution in [3.63, 3.8) is 0 Å². The highest BCUT2D eigenvalue weighted by atomic mass is 35.5. The molecule has 1 N–H and O–H groups in total. The number of nitro benzene ring substituents is 1. The minimum atomic E-state index is -0.512. The predicted molar refractivity (Wildman–Crippen MR) is 74.6 cm³/mol. The molecule has 1 aromatic carbocycles. The monoisotopic (exact) mass is 284 g/mol. The fourth-order valence-electron chi connectivity index (χ4n) is 1.53. The zero-order valence-electron chi connectivity index (χ0n) is 11.1. The first kappa shape index (κ1) is 15.4. The first-order chi connectivity index (χ1) is 8.81. The molecule has 1 aromatic rings. The standard InChI is InChI=1S/C13H17ClN2O3/c1-8(2)12(14)7-15-13(17)10-4-9(3)5-11(6-10)16(18)19/h4-6,8,12H,7H2,1-3H3,(H,15,17). The van der Waals surface area contributed by atoms with Crippen molar-refractivity contribution in [2.75, 3.05) is 6.54 Å². The first-order valence-corrected chi connectivity index (χ1v) is 6.43. The second-order valence-electron chi connectivity index (χ2n) is 4.78. The van der Waals surface area contributed by atoms with Crippen molar-refractivity contribution < 1.29 is 9.72 Å². The van der Waals surface area contributed by atoms with Crippen LogP contribution in [0.15, 0.2) is 18.2 Å². The van der Waals surface area contributed by atoms with Crippen molar-refractivity contribution in [2.45, 2.75) is 26.1 Å². The number of benzene rings is 1. The third-order valence-electron chi connectivity index (χ3n) is 2.72. The Bertz CT molecular complexity index is 489. The van der Waals surface area contributed by atoms with Crippen LogP contribution in [0.5, 0.6) is 0 Å². The zero-order valence-corrected chi connectivity index (χ0v) is 11.9. The molecule has 0 radical (unpaired) electrons. The van der Waals surface area contributed by atoms with Gasteiger partial charge in [-0.25, -0.2) is 0 Å². The van der Waals surface area contributed by atoms with Gasteiger partial charge in [-0.1, -0.05) is 13.8 Å². The Kier molecular flexibility index (Phi) is 5.30. The smallest absolute Gasteiger partial charge is 0.270 e. The summed E-state index contributed by atoms with van der Waals surface area (Å²) in [6.45, 7) is 5.96. The van der Waals surface area contributed by atoms with Crippen LogP contribution in [0.3, 0.4) is 0 Å². The molecule has 0 saturated carbocycles. The van der Waals surface area contributed by atoms with Crippen molar-refractivity contribution in [3.8, 4) is 0 Å². The molecule has 1 atom stereocenters. The summed E-state index contributed by atoms with van der Waals surface area (Å²) in [6, 6.07) is 4.30. The number of hydrogen-bond acceptors (Lipinski definition) is 3. The van der Waals surface area contributed by atoms with E-state index < -0.39 is 4.92 Å². The van der Waals surface area contributed by atoms with Crippen LogP contribution in [0.2, 0.25) is 0 Å². The maximum Gasteiger partial charge on any atom is 0.270 e. The fourth-order valence-corrected chi connectivity index (χ4v) is 1.60. The van der Waals surface area contributed by atoms with Crippen LogP contribution in [0, 0.1) is 23.0 Å². The van der Waals surface area contributed by atoms with Crippen LogP contribution in [-0.4, -0.2) is 22.8 Å². The number of carbonyl (C=O) groups is 1. The number of alkyl halides is 1. The van der Waals surface area contributed by atoms with Gasteiger partial charge in [0.05, 0.1) is 10.3 Å². The minimum absolute atomic E-state index is 0.0866. The molecule has 104 valence electrons. The summed E-state index contributed by atoms with van der Waals surface area (Å²) < 4.78 is 0. The van der Waals surface area contributed by atoms with Crippen LogP contribution in [0.4, 0.5) is 5.69 Å². The summed E-state index contributed by atoms with van der Waals surface area (Å²) in [5.41, 5.74) is 0.862. The lowest BCUT2D eigenvalue weighted by molar-refractivity contribution is -0.384. The summed E-state index contributed by atoms with van der Waals surface area (Å²) in [5.74, 6) is -0.105. The molecule has 1 amide bonds. The third kappa shape index (κ3) is 4.52. The largest absolute Gasteiger partial charge is 0.351 e. The van der Waals surface area contributed by atoms with Gasteiger partial charge in [0, 0.05) is 24.2 Å². The first-order valence-electron chi connectivity index (χ1n) is 5.99. The second kappa shape index (κ2) is 6.52. The number of carbonyl (C=O) groups excluding carboxylic acids is 1. The molecule has 0 spiro atoms. The number of aryl methyl sites for hydroxylation is 1. The number of non-ortho nitro benzene ring substituents is 1. The van der Waals surface area contributed by atoms with E-state index in [-0.39, 0.29) is 28.5 Å². The Balaban J connectivity index is 2.80. The van der Waals surface area contributed by atoms with E-state index in [0.29, 0.717) is 12.1 Å². The number of rotatable bonds is 5. The maximum absolute atomic E-state index is 11.9. The van der Waals surface area contributed by atoms with Gasteiger partial charge in [-0.2, -0.15) is 0 Å². The van der Waals surface area contributed by atoms with E-state index in [2.05, 4.69) is 5.32 Å². The number of nitrogens with one attached hydrogen (secondary N) is 1. The van der Waals surface area contributed by atoms with Gasteiger partial charge < -0.3 is 5.32 Å². The minimum Gasteiger partial charge on any atom is -0.351 e. The van der Waals surface area contributed by atoms with E-state index in [1.807, 2.05) is 13.8 Å². The lowest BCUT2D eigenvalue weighted by Crippen LogP contribution is -2.32. The molecular formula is C13H17ClN2O3. The normalized spacial score (nSPS) is 12.3. The lowest BCUT2D eigenvalue weighted by atomic mass is 10.1. The SMILES string of the molecule is Cc1cc(C(=O)NCC(Cl)C(C)C)cc([N+](=O)[O-])c1. The molecule has 6 heteroatoms. The van der Waals surface area contributed by atoms with Crippen molar-refractivity contribution in [1.82, 2.24) is 5.32 Å². The topological polar surface area (TPSA) is 72.2 Å². The summed E-state index contributed by atoms with van der Waals surface area (Å²) in [4.78, 5) is 22.1. The van der Waals surface area contributed by atoms with E-state index in [9.17, 15) is 14.9 Å². The Morgan fingerprint density at radius 1 is 1.42 bits per heavy atom. The van der Waals surface area contributed by atoms with Gasteiger partial charge in [-0.15, -0.1) is 11.6 Å². The molecule has 0 aliphatic heterocycles. The highest BCUT2D eigenvalue weighted by Gasteiger charge is 2.15. The Morgan fingerprint density at radius 3 is 2.58 bits per heavy atom. The average molecular weight is 285 g/mol. The predicted octanol–water partition coefficient (Wildman–Crippen LogP) is 2.90. The molecule has 0 fully saturated rings. The summed E-state index contributed by atoms with van der Waals surface area (Å²) in [7, 11) is 0. The number of halogens is 1. The van der Waals surface area contributed by atoms with Crippen molar-refractivity contribution >= 4 is 23.2 Å². The average Bonchev–Trinajstić information content (AvgIpc) is 2.34. The molecular weight excluding hydrogens is 268 g/mol. The number of nitro groups is 1. The second-order valence-corrected chi connectivity index (χ2v) is 5.34. The molecule has 0 heterocycles. The van der Waals surface area contributed by atoms with Crippen LogP contribution in [-0.2, 0) is 0 Å². The molecule has 0 saturated heterocycles. The van der Waals surface area contributed by atoms with E-state index in [1.165, 1.54) is 12.1 Å². The molecule has 19 heavy (non-hydrogen) atoms. The summed E-state index contributed by atoms with van der Waals surface area (Å²) in [6.07, 6.45) is 0. The zero-order chi connectivity index (χ0) is 14.6. The molecule has 0 aromatic heterocycles. The van der Waals surface area contributed by atoms with Gasteiger partial charge in [-0.05, 0) is 24.5 Å². The third-order valence-corrected chi connectivity index (χ3v) is 3.37. The lowest BCUT2D eigenvalue weighted by Gasteiger charge is -2.14. The highest BCUT2D eigenvalue weighted by Crippen LogP contribution is 2.17. The van der Waals surface area contributed by atoms with Crippen molar-refractivity contribution in [2.24, 2.45) is 5.92 Å². The Hall–Kier alpha value is -1.62. The van der Waals surface area contributed by atoms with E-state index in [1.54, 1.807) is 13.0 Å². The molecule has 5 nitrogen and oxygen atoms in total. The van der Waals surface area contributed by atoms with E-state index in [4.69, 9.17) is 11.6 Å². The number of hydrogen-bond donors (Lipinski definition) is 1. The quantitative estimate of drug-likeness (QED) is 0.513. The van der Waals surface area contributed by atoms with E-state index >= 15 is 0 Å². The molecule has 1 rings (SSSR count). The van der Waals surface area contributed by atoms with Crippen molar-refractivity contribution in [1.29, 1.82) is 0 Å². The van der Waals surface area contributed by atoms with Gasteiger partial charge in [0.25, 0.3) is 11.6 Å². The fraction of sp³-hybridized carbons (Fsp3) is 0.462. The van der Waals surface area contributed by atoms with Gasteiger partial charge in [0.2, 0.25) is 0 Å². The Morgan fingerprint density at radius 2 is 2.05 bits per heavy atom. The summed E-state index contributed by atoms with van der Waals surface area (Å²) in [5, 5.41) is 13.3. The highest BCUT2D eigenvalue weighted by molar-refractivity contribution is 6.21. The van der Waals surface area contributed by atoms with Crippen LogP contribution in [0.1, 0.15) is 29.8 Å². The van der Waals surface area contributed by atoms with Crippen LogP contribution >= 0.6 is 11.6 Å². The molecule has 0 aliphatic carbocycles. The molecule has 1 unspecified atom stereocenters. The maximum atomic E-state index is 11.9. The molecule has 0 bridgehead atoms. The summed E-state index contributed by atoms with van der Waals surface area (Å²) >= 11 is 6.04. The van der Waals surface area contributed by atoms with Crippen LogP contribution in [0.25, 0.3) is 0 Å². The van der Waals surface area contributed by atoms with Crippen molar-refractivity contribution in [3.05, 3.63) is 39.4 Å². The van der Waals surface area contributed by atoms with Gasteiger partial charge in [0.15, 0.2) is 0 Å². The van der Waals surface area contributed by atoms with Crippen LogP contribution < -0.4 is 5.32 Å². The van der Waals surface area contributed by atoms with Gasteiger partial charge in [0.1, 0.15) is 0 Å². The van der Waals surface area contributed by atoms with E-state index in [0.717, 1.165) is 0 Å². The molecule has 0 aliphatic rings. The van der Waals surface area contributed by atoms with Gasteiger partial charge >= 0.3 is 0 Å².